The molecule has 6 nitrogen and oxygen atoms in total. The summed E-state index contributed by atoms with van der Waals surface area (Å²) in [5, 5.41) is 15.4. The first-order valence-corrected chi connectivity index (χ1v) is 8.72. The smallest absolute Gasteiger partial charge is 0.274 e. The van der Waals surface area contributed by atoms with Gasteiger partial charge >= 0.3 is 0 Å². The predicted octanol–water partition coefficient (Wildman–Crippen LogP) is 2.78. The zero-order chi connectivity index (χ0) is 17.1. The molecule has 1 aromatic heterocycles. The molecule has 8 heteroatoms. The van der Waals surface area contributed by atoms with Gasteiger partial charge in [-0.05, 0) is 50.9 Å². The highest BCUT2D eigenvalue weighted by atomic mass is 35.5. The van der Waals surface area contributed by atoms with E-state index in [1.807, 2.05) is 25.1 Å². The van der Waals surface area contributed by atoms with Gasteiger partial charge in [0.05, 0.1) is 11.4 Å². The first-order valence-electron chi connectivity index (χ1n) is 8.35. The number of aromatic nitrogens is 3. The number of carbonyl (C=O) groups excluding carboxylic acids is 1. The van der Waals surface area contributed by atoms with Crippen molar-refractivity contribution in [2.75, 3.05) is 6.54 Å². The number of amides is 1. The second-order valence-corrected chi connectivity index (χ2v) is 6.53. The number of hydrogen-bond acceptors (Lipinski definition) is 4. The fourth-order valence-electron chi connectivity index (χ4n) is 3.09. The van der Waals surface area contributed by atoms with Gasteiger partial charge in [-0.25, -0.2) is 4.68 Å². The van der Waals surface area contributed by atoms with Crippen LogP contribution in [0, 0.1) is 0 Å². The minimum atomic E-state index is -0.166. The van der Waals surface area contributed by atoms with Crippen molar-refractivity contribution >= 4 is 29.9 Å². The predicted molar refractivity (Wildman–Crippen MR) is 101 cm³/mol. The fourth-order valence-corrected chi connectivity index (χ4v) is 3.27. The van der Waals surface area contributed by atoms with Crippen LogP contribution in [0.3, 0.4) is 0 Å². The maximum atomic E-state index is 12.7. The van der Waals surface area contributed by atoms with E-state index in [-0.39, 0.29) is 30.4 Å². The number of rotatable bonds is 4. The van der Waals surface area contributed by atoms with Crippen LogP contribution in [-0.2, 0) is 6.42 Å². The van der Waals surface area contributed by atoms with Crippen LogP contribution >= 0.6 is 24.0 Å². The molecule has 1 aromatic carbocycles. The van der Waals surface area contributed by atoms with E-state index in [0.717, 1.165) is 30.8 Å². The number of benzene rings is 1. The third-order valence-corrected chi connectivity index (χ3v) is 4.68. The average molecular weight is 384 g/mol. The number of halogens is 2. The van der Waals surface area contributed by atoms with E-state index in [9.17, 15) is 4.79 Å². The molecule has 0 spiro atoms. The van der Waals surface area contributed by atoms with Crippen molar-refractivity contribution in [3.05, 3.63) is 40.7 Å². The molecule has 0 aliphatic carbocycles. The second-order valence-electron chi connectivity index (χ2n) is 6.09. The minimum Gasteiger partial charge on any atom is -0.346 e. The van der Waals surface area contributed by atoms with Gasteiger partial charge < -0.3 is 10.6 Å². The molecule has 0 radical (unpaired) electrons. The summed E-state index contributed by atoms with van der Waals surface area (Å²) in [6.07, 6.45) is 2.69. The minimum absolute atomic E-state index is 0. The SMILES string of the molecule is CCc1c(C(=O)NC2CCCNC2C)nnn1-c1cccc(Cl)c1.Cl. The number of nitrogens with one attached hydrogen (secondary N) is 2. The Kier molecular flexibility index (Phi) is 6.81. The number of nitrogens with zero attached hydrogens (tertiary/aromatic N) is 3. The standard InChI is InChI=1S/C17H22ClN5O.ClH/c1-3-15-16(17(24)20-14-8-5-9-19-11(14)2)21-22-23(15)13-7-4-6-12(18)10-13;/h4,6-7,10-11,14,19H,3,5,8-9H2,1-2H3,(H,20,24);1H. The maximum Gasteiger partial charge on any atom is 0.274 e. The Hall–Kier alpha value is -1.63. The lowest BCUT2D eigenvalue weighted by atomic mass is 9.99. The first-order chi connectivity index (χ1) is 11.6. The molecular weight excluding hydrogens is 361 g/mol. The Labute approximate surface area is 158 Å². The summed E-state index contributed by atoms with van der Waals surface area (Å²) in [4.78, 5) is 12.7. The van der Waals surface area contributed by atoms with Crippen LogP contribution in [0.2, 0.25) is 5.02 Å². The molecule has 1 aliphatic heterocycles. The van der Waals surface area contributed by atoms with E-state index < -0.39 is 0 Å². The molecule has 2 unspecified atom stereocenters. The van der Waals surface area contributed by atoms with Gasteiger partial charge in [0.25, 0.3) is 5.91 Å². The number of carbonyl (C=O) groups is 1. The van der Waals surface area contributed by atoms with Crippen molar-refractivity contribution in [2.24, 2.45) is 0 Å². The average Bonchev–Trinajstić information content (AvgIpc) is 3.01. The quantitative estimate of drug-likeness (QED) is 0.851. The summed E-state index contributed by atoms with van der Waals surface area (Å²) in [7, 11) is 0. The molecule has 0 bridgehead atoms. The molecule has 136 valence electrons. The Morgan fingerprint density at radius 2 is 2.28 bits per heavy atom. The molecule has 2 atom stereocenters. The van der Waals surface area contributed by atoms with Gasteiger partial charge in [-0.15, -0.1) is 17.5 Å². The van der Waals surface area contributed by atoms with Crippen LogP contribution in [0.1, 0.15) is 42.9 Å². The van der Waals surface area contributed by atoms with E-state index in [4.69, 9.17) is 11.6 Å². The third kappa shape index (κ3) is 4.32. The number of piperidine rings is 1. The van der Waals surface area contributed by atoms with E-state index in [2.05, 4.69) is 27.9 Å². The van der Waals surface area contributed by atoms with Gasteiger partial charge in [0.1, 0.15) is 0 Å². The Morgan fingerprint density at radius 3 is 2.96 bits per heavy atom. The maximum absolute atomic E-state index is 12.7. The lowest BCUT2D eigenvalue weighted by Crippen LogP contribution is -2.52. The van der Waals surface area contributed by atoms with Crippen LogP contribution < -0.4 is 10.6 Å². The molecule has 1 aliphatic rings. The lowest BCUT2D eigenvalue weighted by molar-refractivity contribution is 0.0913. The van der Waals surface area contributed by atoms with Gasteiger partial charge in [0.2, 0.25) is 0 Å². The monoisotopic (exact) mass is 383 g/mol. The molecule has 0 saturated carbocycles. The van der Waals surface area contributed by atoms with E-state index >= 15 is 0 Å². The van der Waals surface area contributed by atoms with Crippen LogP contribution in [0.25, 0.3) is 5.69 Å². The summed E-state index contributed by atoms with van der Waals surface area (Å²) >= 11 is 6.06. The third-order valence-electron chi connectivity index (χ3n) is 4.44. The zero-order valence-corrected chi connectivity index (χ0v) is 15.9. The summed E-state index contributed by atoms with van der Waals surface area (Å²) < 4.78 is 1.68. The fraction of sp³-hybridized carbons (Fsp3) is 0.471. The molecular formula is C17H23Cl2N5O. The van der Waals surface area contributed by atoms with Gasteiger partial charge in [-0.2, -0.15) is 0 Å². The molecule has 2 heterocycles. The normalized spacial score (nSPS) is 20.0. The Morgan fingerprint density at radius 1 is 1.48 bits per heavy atom. The van der Waals surface area contributed by atoms with E-state index in [1.165, 1.54) is 0 Å². The molecule has 2 aromatic rings. The van der Waals surface area contributed by atoms with Crippen LogP contribution in [0.15, 0.2) is 24.3 Å². The van der Waals surface area contributed by atoms with E-state index in [1.54, 1.807) is 10.7 Å². The second kappa shape index (κ2) is 8.65. The summed E-state index contributed by atoms with van der Waals surface area (Å²) in [5.41, 5.74) is 1.97. The first kappa shape index (κ1) is 19.7. The highest BCUT2D eigenvalue weighted by Crippen LogP contribution is 2.18. The lowest BCUT2D eigenvalue weighted by Gasteiger charge is -2.30. The van der Waals surface area contributed by atoms with Gasteiger partial charge in [-0.1, -0.05) is 29.8 Å². The van der Waals surface area contributed by atoms with Crippen molar-refractivity contribution in [1.82, 2.24) is 25.6 Å². The highest BCUT2D eigenvalue weighted by molar-refractivity contribution is 6.30. The molecule has 25 heavy (non-hydrogen) atoms. The molecule has 2 N–H and O–H groups in total. The largest absolute Gasteiger partial charge is 0.346 e. The van der Waals surface area contributed by atoms with Crippen molar-refractivity contribution < 1.29 is 4.79 Å². The summed E-state index contributed by atoms with van der Waals surface area (Å²) in [5.74, 6) is -0.166. The van der Waals surface area contributed by atoms with Crippen molar-refractivity contribution in [3.8, 4) is 5.69 Å². The molecule has 1 amide bonds. The highest BCUT2D eigenvalue weighted by Gasteiger charge is 2.26. The van der Waals surface area contributed by atoms with Crippen LogP contribution in [0.4, 0.5) is 0 Å². The van der Waals surface area contributed by atoms with Crippen molar-refractivity contribution in [3.63, 3.8) is 0 Å². The van der Waals surface area contributed by atoms with Gasteiger partial charge in [0.15, 0.2) is 5.69 Å². The zero-order valence-electron chi connectivity index (χ0n) is 14.3. The van der Waals surface area contributed by atoms with Crippen LogP contribution in [-0.4, -0.2) is 39.5 Å². The topological polar surface area (TPSA) is 71.8 Å². The van der Waals surface area contributed by atoms with Crippen molar-refractivity contribution in [2.45, 2.75) is 45.2 Å². The summed E-state index contributed by atoms with van der Waals surface area (Å²) in [6.45, 7) is 5.08. The molecule has 3 rings (SSSR count). The Balaban J connectivity index is 0.00000225. The van der Waals surface area contributed by atoms with Gasteiger partial charge in [0, 0.05) is 17.1 Å². The van der Waals surface area contributed by atoms with E-state index in [0.29, 0.717) is 17.1 Å². The van der Waals surface area contributed by atoms with Crippen LogP contribution in [0.5, 0.6) is 0 Å². The molecule has 1 saturated heterocycles. The molecule has 1 fully saturated rings. The number of hydrogen-bond donors (Lipinski definition) is 2. The van der Waals surface area contributed by atoms with Crippen molar-refractivity contribution in [1.29, 1.82) is 0 Å². The van der Waals surface area contributed by atoms with Gasteiger partial charge in [-0.3, -0.25) is 4.79 Å². The summed E-state index contributed by atoms with van der Waals surface area (Å²) in [6, 6.07) is 7.74. The Bertz CT molecular complexity index is 734.